The van der Waals surface area contributed by atoms with Gasteiger partial charge in [-0.3, -0.25) is 10.1 Å². The summed E-state index contributed by atoms with van der Waals surface area (Å²) in [7, 11) is 0. The van der Waals surface area contributed by atoms with Crippen molar-refractivity contribution in [2.45, 2.75) is 6.42 Å². The Balaban J connectivity index is 1.97. The van der Waals surface area contributed by atoms with Gasteiger partial charge in [0.25, 0.3) is 0 Å². The number of rotatable bonds is 5. The van der Waals surface area contributed by atoms with E-state index in [2.05, 4.69) is 0 Å². The van der Waals surface area contributed by atoms with Crippen LogP contribution in [0.15, 0.2) is 54.6 Å². The molecule has 2 aromatic rings. The minimum Gasteiger partial charge on any atom is -0.486 e. The third-order valence-corrected chi connectivity index (χ3v) is 2.55. The standard InChI is InChI=1S/C14H13NO3/c16-15(17)13-8-4-5-9-14(13)18-11-10-12-6-2-1-3-7-12/h1-9H,10-11H2. The summed E-state index contributed by atoms with van der Waals surface area (Å²) in [5.74, 6) is 0.318. The highest BCUT2D eigenvalue weighted by Crippen LogP contribution is 2.25. The van der Waals surface area contributed by atoms with Gasteiger partial charge in [0.15, 0.2) is 5.75 Å². The Kier molecular flexibility index (Phi) is 3.91. The van der Waals surface area contributed by atoms with Gasteiger partial charge in [-0.15, -0.1) is 0 Å². The molecule has 0 aliphatic heterocycles. The number of hydrogen-bond donors (Lipinski definition) is 0. The van der Waals surface area contributed by atoms with E-state index in [1.54, 1.807) is 18.2 Å². The molecule has 0 bridgehead atoms. The lowest BCUT2D eigenvalue weighted by Crippen LogP contribution is -2.03. The van der Waals surface area contributed by atoms with E-state index in [1.807, 2.05) is 30.3 Å². The first-order chi connectivity index (χ1) is 8.77. The van der Waals surface area contributed by atoms with Crippen LogP contribution in [0.5, 0.6) is 5.75 Å². The van der Waals surface area contributed by atoms with Crippen molar-refractivity contribution in [3.63, 3.8) is 0 Å². The zero-order chi connectivity index (χ0) is 12.8. The van der Waals surface area contributed by atoms with Crippen LogP contribution < -0.4 is 4.74 Å². The van der Waals surface area contributed by atoms with E-state index in [-0.39, 0.29) is 5.69 Å². The minimum atomic E-state index is -0.433. The van der Waals surface area contributed by atoms with E-state index >= 15 is 0 Å². The molecule has 0 aliphatic rings. The Labute approximate surface area is 105 Å². The minimum absolute atomic E-state index is 0.00515. The van der Waals surface area contributed by atoms with Crippen molar-refractivity contribution in [3.05, 3.63) is 70.3 Å². The summed E-state index contributed by atoms with van der Waals surface area (Å²) in [6.07, 6.45) is 0.729. The maximum absolute atomic E-state index is 10.8. The normalized spacial score (nSPS) is 10.0. The van der Waals surface area contributed by atoms with Crippen LogP contribution >= 0.6 is 0 Å². The molecule has 0 unspecified atom stereocenters. The molecular formula is C14H13NO3. The van der Waals surface area contributed by atoms with Crippen LogP contribution in [-0.4, -0.2) is 11.5 Å². The second-order valence-corrected chi connectivity index (χ2v) is 3.81. The second-order valence-electron chi connectivity index (χ2n) is 3.81. The largest absolute Gasteiger partial charge is 0.486 e. The lowest BCUT2D eigenvalue weighted by Gasteiger charge is -2.06. The molecule has 92 valence electrons. The summed E-state index contributed by atoms with van der Waals surface area (Å²) in [5.41, 5.74) is 1.15. The lowest BCUT2D eigenvalue weighted by atomic mass is 10.2. The van der Waals surface area contributed by atoms with E-state index in [1.165, 1.54) is 6.07 Å². The first-order valence-electron chi connectivity index (χ1n) is 5.67. The Morgan fingerprint density at radius 3 is 2.39 bits per heavy atom. The topological polar surface area (TPSA) is 52.4 Å². The molecule has 2 aromatic carbocycles. The molecule has 0 heterocycles. The van der Waals surface area contributed by atoms with E-state index in [4.69, 9.17) is 4.74 Å². The predicted molar refractivity (Wildman–Crippen MR) is 68.7 cm³/mol. The van der Waals surface area contributed by atoms with Gasteiger partial charge in [-0.05, 0) is 11.6 Å². The lowest BCUT2D eigenvalue weighted by molar-refractivity contribution is -0.385. The summed E-state index contributed by atoms with van der Waals surface area (Å²) >= 11 is 0. The average molecular weight is 243 g/mol. The van der Waals surface area contributed by atoms with E-state index in [0.717, 1.165) is 12.0 Å². The average Bonchev–Trinajstić information content (AvgIpc) is 2.40. The van der Waals surface area contributed by atoms with Crippen molar-refractivity contribution in [1.29, 1.82) is 0 Å². The number of para-hydroxylation sites is 2. The molecule has 18 heavy (non-hydrogen) atoms. The fourth-order valence-corrected chi connectivity index (χ4v) is 1.65. The van der Waals surface area contributed by atoms with Gasteiger partial charge >= 0.3 is 5.69 Å². The molecule has 0 aromatic heterocycles. The van der Waals surface area contributed by atoms with Crippen LogP contribution in [0.2, 0.25) is 0 Å². The van der Waals surface area contributed by atoms with Gasteiger partial charge in [-0.1, -0.05) is 42.5 Å². The third kappa shape index (κ3) is 3.07. The Morgan fingerprint density at radius 2 is 1.67 bits per heavy atom. The number of nitro groups is 1. The number of benzene rings is 2. The summed E-state index contributed by atoms with van der Waals surface area (Å²) in [4.78, 5) is 10.3. The van der Waals surface area contributed by atoms with Gasteiger partial charge in [-0.25, -0.2) is 0 Å². The highest BCUT2D eigenvalue weighted by Gasteiger charge is 2.12. The molecule has 0 amide bonds. The van der Waals surface area contributed by atoms with Gasteiger partial charge in [0, 0.05) is 12.5 Å². The highest BCUT2D eigenvalue weighted by atomic mass is 16.6. The van der Waals surface area contributed by atoms with E-state index in [9.17, 15) is 10.1 Å². The Hall–Kier alpha value is -2.36. The molecule has 4 nitrogen and oxygen atoms in total. The van der Waals surface area contributed by atoms with Crippen LogP contribution in [0.1, 0.15) is 5.56 Å². The van der Waals surface area contributed by atoms with Crippen molar-refractivity contribution < 1.29 is 9.66 Å². The molecule has 2 rings (SSSR count). The first kappa shape index (κ1) is 12.1. The van der Waals surface area contributed by atoms with Crippen LogP contribution in [0, 0.1) is 10.1 Å². The monoisotopic (exact) mass is 243 g/mol. The maximum Gasteiger partial charge on any atom is 0.310 e. The molecule has 4 heteroatoms. The fraction of sp³-hybridized carbons (Fsp3) is 0.143. The molecule has 0 spiro atoms. The first-order valence-corrected chi connectivity index (χ1v) is 5.67. The van der Waals surface area contributed by atoms with Crippen LogP contribution in [0.25, 0.3) is 0 Å². The van der Waals surface area contributed by atoms with Crippen molar-refractivity contribution in [2.24, 2.45) is 0 Å². The quantitative estimate of drug-likeness (QED) is 0.598. The zero-order valence-electron chi connectivity index (χ0n) is 9.78. The van der Waals surface area contributed by atoms with Crippen LogP contribution in [0.4, 0.5) is 5.69 Å². The smallest absolute Gasteiger partial charge is 0.310 e. The number of nitrogens with zero attached hydrogens (tertiary/aromatic N) is 1. The van der Waals surface area contributed by atoms with Crippen LogP contribution in [0.3, 0.4) is 0 Å². The second kappa shape index (κ2) is 5.82. The van der Waals surface area contributed by atoms with Crippen molar-refractivity contribution in [1.82, 2.24) is 0 Å². The van der Waals surface area contributed by atoms with Crippen LogP contribution in [-0.2, 0) is 6.42 Å². The molecule has 0 radical (unpaired) electrons. The molecule has 0 aliphatic carbocycles. The zero-order valence-corrected chi connectivity index (χ0v) is 9.78. The molecule has 0 N–H and O–H groups in total. The predicted octanol–water partition coefficient (Wildman–Crippen LogP) is 3.22. The number of nitro benzene ring substituents is 1. The molecule has 0 atom stereocenters. The van der Waals surface area contributed by atoms with Gasteiger partial charge in [0.05, 0.1) is 11.5 Å². The summed E-state index contributed by atoms with van der Waals surface area (Å²) in [6, 6.07) is 16.3. The molecular weight excluding hydrogens is 230 g/mol. The molecule has 0 saturated heterocycles. The van der Waals surface area contributed by atoms with Gasteiger partial charge in [0.1, 0.15) is 0 Å². The Bertz CT molecular complexity index is 526. The fourth-order valence-electron chi connectivity index (χ4n) is 1.65. The Morgan fingerprint density at radius 1 is 1.00 bits per heavy atom. The van der Waals surface area contributed by atoms with Gasteiger partial charge < -0.3 is 4.74 Å². The summed E-state index contributed by atoms with van der Waals surface area (Å²) < 4.78 is 5.46. The van der Waals surface area contributed by atoms with Crippen molar-refractivity contribution in [2.75, 3.05) is 6.61 Å². The number of ether oxygens (including phenoxy) is 1. The van der Waals surface area contributed by atoms with Gasteiger partial charge in [-0.2, -0.15) is 0 Å². The molecule has 0 fully saturated rings. The number of hydrogen-bond acceptors (Lipinski definition) is 3. The third-order valence-electron chi connectivity index (χ3n) is 2.55. The maximum atomic E-state index is 10.8. The molecule has 0 saturated carbocycles. The summed E-state index contributed by atoms with van der Waals surface area (Å²) in [6.45, 7) is 0.425. The van der Waals surface area contributed by atoms with Gasteiger partial charge in [0.2, 0.25) is 0 Å². The van der Waals surface area contributed by atoms with E-state index in [0.29, 0.717) is 12.4 Å². The van der Waals surface area contributed by atoms with E-state index < -0.39 is 4.92 Å². The van der Waals surface area contributed by atoms with Crippen molar-refractivity contribution >= 4 is 5.69 Å². The van der Waals surface area contributed by atoms with Crippen molar-refractivity contribution in [3.8, 4) is 5.75 Å². The SMILES string of the molecule is O=[N+]([O-])c1ccccc1OCCc1ccccc1. The highest BCUT2D eigenvalue weighted by molar-refractivity contribution is 5.45. The summed E-state index contributed by atoms with van der Waals surface area (Å²) in [5, 5.41) is 10.8.